The van der Waals surface area contributed by atoms with Gasteiger partial charge in [0.05, 0.1) is 18.3 Å². The molecule has 0 bridgehead atoms. The van der Waals surface area contributed by atoms with Gasteiger partial charge in [-0.1, -0.05) is 54.6 Å². The molecule has 1 unspecified atom stereocenters. The number of nitrogens with zero attached hydrogens (tertiary/aromatic N) is 3. The third-order valence-corrected chi connectivity index (χ3v) is 6.89. The van der Waals surface area contributed by atoms with Crippen LogP contribution in [0, 0.1) is 0 Å². The summed E-state index contributed by atoms with van der Waals surface area (Å²) in [6.45, 7) is 2.53. The Labute approximate surface area is 198 Å². The third kappa shape index (κ3) is 3.94. The Morgan fingerprint density at radius 1 is 0.912 bits per heavy atom. The van der Waals surface area contributed by atoms with Gasteiger partial charge in [-0.05, 0) is 55.8 Å². The van der Waals surface area contributed by atoms with Crippen molar-refractivity contribution in [1.82, 2.24) is 9.88 Å². The number of aromatic nitrogens is 1. The SMILES string of the molecule is O=C(CN1CCC(c2nc3ccccc3o2)CC1)N1c2ccccc2OCC1c1ccccc1. The number of hydrogen-bond acceptors (Lipinski definition) is 5. The Balaban J connectivity index is 1.17. The molecule has 3 heterocycles. The minimum atomic E-state index is -0.138. The zero-order chi connectivity index (χ0) is 22.9. The van der Waals surface area contributed by atoms with Crippen LogP contribution in [0.3, 0.4) is 0 Å². The molecule has 3 aromatic carbocycles. The molecule has 172 valence electrons. The molecule has 2 aliphatic rings. The van der Waals surface area contributed by atoms with E-state index in [2.05, 4.69) is 17.0 Å². The van der Waals surface area contributed by atoms with E-state index < -0.39 is 0 Å². The summed E-state index contributed by atoms with van der Waals surface area (Å²) in [5, 5.41) is 0. The predicted octanol–water partition coefficient (Wildman–Crippen LogP) is 5.17. The molecule has 1 atom stereocenters. The molecule has 1 saturated heterocycles. The molecule has 0 spiro atoms. The smallest absolute Gasteiger partial charge is 0.241 e. The number of carbonyl (C=O) groups is 1. The van der Waals surface area contributed by atoms with Gasteiger partial charge in [0.2, 0.25) is 5.91 Å². The number of amides is 1. The van der Waals surface area contributed by atoms with Gasteiger partial charge in [0.25, 0.3) is 0 Å². The second-order valence-electron chi connectivity index (χ2n) is 9.04. The lowest BCUT2D eigenvalue weighted by atomic mass is 9.96. The molecule has 34 heavy (non-hydrogen) atoms. The van der Waals surface area contributed by atoms with Gasteiger partial charge in [0, 0.05) is 5.92 Å². The van der Waals surface area contributed by atoms with E-state index in [1.807, 2.05) is 71.6 Å². The van der Waals surface area contributed by atoms with Crippen molar-refractivity contribution in [3.63, 3.8) is 0 Å². The van der Waals surface area contributed by atoms with Crippen LogP contribution in [0.2, 0.25) is 0 Å². The Bertz CT molecular complexity index is 1260. The molecular weight excluding hydrogens is 426 g/mol. The van der Waals surface area contributed by atoms with E-state index in [4.69, 9.17) is 14.1 Å². The maximum absolute atomic E-state index is 13.7. The van der Waals surface area contributed by atoms with Gasteiger partial charge in [0.15, 0.2) is 11.5 Å². The first kappa shape index (κ1) is 20.9. The van der Waals surface area contributed by atoms with E-state index >= 15 is 0 Å². The summed E-state index contributed by atoms with van der Waals surface area (Å²) < 4.78 is 12.0. The number of rotatable bonds is 4. The summed E-state index contributed by atoms with van der Waals surface area (Å²) >= 11 is 0. The van der Waals surface area contributed by atoms with Crippen LogP contribution in [0.15, 0.2) is 83.3 Å². The fourth-order valence-corrected chi connectivity index (χ4v) is 5.09. The average Bonchev–Trinajstić information content (AvgIpc) is 3.33. The Morgan fingerprint density at radius 3 is 2.47 bits per heavy atom. The molecule has 0 N–H and O–H groups in total. The van der Waals surface area contributed by atoms with Crippen molar-refractivity contribution >= 4 is 22.7 Å². The van der Waals surface area contributed by atoms with Crippen molar-refractivity contribution in [2.24, 2.45) is 0 Å². The number of benzene rings is 3. The van der Waals surface area contributed by atoms with Gasteiger partial charge in [-0.15, -0.1) is 0 Å². The highest BCUT2D eigenvalue weighted by Gasteiger charge is 2.35. The first-order valence-electron chi connectivity index (χ1n) is 11.9. The van der Waals surface area contributed by atoms with E-state index in [0.29, 0.717) is 19.1 Å². The van der Waals surface area contributed by atoms with E-state index in [0.717, 1.165) is 59.9 Å². The van der Waals surface area contributed by atoms with Crippen molar-refractivity contribution in [2.75, 3.05) is 31.1 Å². The van der Waals surface area contributed by atoms with E-state index in [1.54, 1.807) is 0 Å². The van der Waals surface area contributed by atoms with Gasteiger partial charge < -0.3 is 9.15 Å². The zero-order valence-electron chi connectivity index (χ0n) is 19.0. The molecule has 6 rings (SSSR count). The minimum absolute atomic E-state index is 0.102. The first-order valence-corrected chi connectivity index (χ1v) is 11.9. The Kier molecular flexibility index (Phi) is 5.51. The molecule has 1 amide bonds. The quantitative estimate of drug-likeness (QED) is 0.426. The second-order valence-corrected chi connectivity index (χ2v) is 9.04. The molecule has 0 aliphatic carbocycles. The predicted molar refractivity (Wildman–Crippen MR) is 131 cm³/mol. The number of ether oxygens (including phenoxy) is 1. The molecule has 1 aromatic heterocycles. The van der Waals surface area contributed by atoms with Crippen LogP contribution in [-0.4, -0.2) is 42.0 Å². The molecule has 1 fully saturated rings. The number of carbonyl (C=O) groups excluding carboxylic acids is 1. The molecule has 2 aliphatic heterocycles. The number of likely N-dealkylation sites (tertiary alicyclic amines) is 1. The number of fused-ring (bicyclic) bond motifs is 2. The minimum Gasteiger partial charge on any atom is -0.489 e. The van der Waals surface area contributed by atoms with E-state index in [9.17, 15) is 4.79 Å². The fraction of sp³-hybridized carbons (Fsp3) is 0.286. The van der Waals surface area contributed by atoms with Crippen molar-refractivity contribution in [2.45, 2.75) is 24.8 Å². The van der Waals surface area contributed by atoms with Crippen LogP contribution in [0.1, 0.15) is 36.3 Å². The number of piperidine rings is 1. The summed E-state index contributed by atoms with van der Waals surface area (Å²) in [6, 6.07) is 25.7. The number of hydrogen-bond donors (Lipinski definition) is 0. The average molecular weight is 454 g/mol. The van der Waals surface area contributed by atoms with Crippen molar-refractivity contribution in [3.05, 3.63) is 90.3 Å². The van der Waals surface area contributed by atoms with Gasteiger partial charge in [-0.25, -0.2) is 4.98 Å². The van der Waals surface area contributed by atoms with Crippen LogP contribution < -0.4 is 9.64 Å². The monoisotopic (exact) mass is 453 g/mol. The van der Waals surface area contributed by atoms with Gasteiger partial charge in [0.1, 0.15) is 17.9 Å². The van der Waals surface area contributed by atoms with Gasteiger partial charge in [-0.3, -0.25) is 14.6 Å². The molecule has 6 nitrogen and oxygen atoms in total. The van der Waals surface area contributed by atoms with Crippen LogP contribution in [0.5, 0.6) is 5.75 Å². The fourth-order valence-electron chi connectivity index (χ4n) is 5.09. The summed E-state index contributed by atoms with van der Waals surface area (Å²) in [5.41, 5.74) is 3.68. The third-order valence-electron chi connectivity index (χ3n) is 6.89. The highest BCUT2D eigenvalue weighted by atomic mass is 16.5. The number of anilines is 1. The molecule has 4 aromatic rings. The van der Waals surface area contributed by atoms with Crippen molar-refractivity contribution in [1.29, 1.82) is 0 Å². The lowest BCUT2D eigenvalue weighted by Crippen LogP contribution is -2.47. The summed E-state index contributed by atoms with van der Waals surface area (Å²) in [7, 11) is 0. The molecular formula is C28H27N3O3. The lowest BCUT2D eigenvalue weighted by molar-refractivity contribution is -0.121. The van der Waals surface area contributed by atoms with Crippen LogP contribution >= 0.6 is 0 Å². The van der Waals surface area contributed by atoms with Crippen LogP contribution in [-0.2, 0) is 4.79 Å². The van der Waals surface area contributed by atoms with Gasteiger partial charge in [-0.2, -0.15) is 0 Å². The van der Waals surface area contributed by atoms with Crippen LogP contribution in [0.4, 0.5) is 5.69 Å². The first-order chi connectivity index (χ1) is 16.8. The van der Waals surface area contributed by atoms with E-state index in [-0.39, 0.29) is 11.9 Å². The van der Waals surface area contributed by atoms with E-state index in [1.165, 1.54) is 0 Å². The molecule has 0 saturated carbocycles. The highest BCUT2D eigenvalue weighted by Crippen LogP contribution is 2.39. The Morgan fingerprint density at radius 2 is 1.65 bits per heavy atom. The van der Waals surface area contributed by atoms with Crippen molar-refractivity contribution < 1.29 is 13.9 Å². The Hall–Kier alpha value is -3.64. The molecule has 0 radical (unpaired) electrons. The molecule has 6 heteroatoms. The zero-order valence-corrected chi connectivity index (χ0v) is 19.0. The number of oxazole rings is 1. The summed E-state index contributed by atoms with van der Waals surface area (Å²) in [6.07, 6.45) is 1.86. The maximum atomic E-state index is 13.7. The second kappa shape index (κ2) is 8.95. The topological polar surface area (TPSA) is 58.8 Å². The largest absolute Gasteiger partial charge is 0.489 e. The highest BCUT2D eigenvalue weighted by molar-refractivity contribution is 5.97. The van der Waals surface area contributed by atoms with Gasteiger partial charge >= 0.3 is 0 Å². The summed E-state index contributed by atoms with van der Waals surface area (Å²) in [5.74, 6) is 1.97. The normalized spacial score (nSPS) is 19.1. The van der Waals surface area contributed by atoms with Crippen molar-refractivity contribution in [3.8, 4) is 5.75 Å². The summed E-state index contributed by atoms with van der Waals surface area (Å²) in [4.78, 5) is 22.6. The number of para-hydroxylation sites is 4. The standard InChI is InChI=1S/C28H27N3O3/c32-27(18-30-16-14-21(15-17-30)28-29-22-10-4-6-12-25(22)34-28)31-23-11-5-7-13-26(23)33-19-24(31)20-8-2-1-3-9-20/h1-13,21,24H,14-19H2. The maximum Gasteiger partial charge on any atom is 0.241 e. The van der Waals surface area contributed by atoms with Crippen LogP contribution in [0.25, 0.3) is 11.1 Å². The lowest BCUT2D eigenvalue weighted by Gasteiger charge is -2.39.